The van der Waals surface area contributed by atoms with Gasteiger partial charge in [-0.3, -0.25) is 0 Å². The van der Waals surface area contributed by atoms with Gasteiger partial charge in [0.15, 0.2) is 0 Å². The molecule has 2 heterocycles. The van der Waals surface area contributed by atoms with E-state index in [-0.39, 0.29) is 5.41 Å². The molecule has 0 bridgehead atoms. The second-order valence-electron chi connectivity index (χ2n) is 6.84. The molecule has 6 heteroatoms. The van der Waals surface area contributed by atoms with Gasteiger partial charge in [0.05, 0.1) is 18.8 Å². The summed E-state index contributed by atoms with van der Waals surface area (Å²) in [6.07, 6.45) is 2.06. The molecule has 0 amide bonds. The Hall–Kier alpha value is -1.40. The second-order valence-corrected chi connectivity index (χ2v) is 7.76. The Bertz CT molecular complexity index is 676. The lowest BCUT2D eigenvalue weighted by molar-refractivity contribution is 0.181. The molecule has 0 N–H and O–H groups in total. The summed E-state index contributed by atoms with van der Waals surface area (Å²) in [6, 6.07) is 4.12. The summed E-state index contributed by atoms with van der Waals surface area (Å²) in [5, 5.41) is 0. The molecule has 0 saturated heterocycles. The lowest BCUT2D eigenvalue weighted by Crippen LogP contribution is -2.23. The molecule has 2 rings (SSSR count). The highest BCUT2D eigenvalue weighted by Crippen LogP contribution is 2.23. The molecule has 0 unspecified atom stereocenters. The third-order valence-electron chi connectivity index (χ3n) is 3.59. The molecule has 5 nitrogen and oxygen atoms in total. The van der Waals surface area contributed by atoms with Gasteiger partial charge in [-0.25, -0.2) is 9.97 Å². The Morgan fingerprint density at radius 1 is 1.26 bits per heavy atom. The van der Waals surface area contributed by atoms with Crippen molar-refractivity contribution >= 4 is 21.7 Å². The summed E-state index contributed by atoms with van der Waals surface area (Å²) < 4.78 is 8.45. The van der Waals surface area contributed by atoms with Crippen LogP contribution < -0.4 is 4.90 Å². The Morgan fingerprint density at radius 2 is 1.96 bits per heavy atom. The molecule has 0 aliphatic heterocycles. The van der Waals surface area contributed by atoms with E-state index in [0.29, 0.717) is 6.61 Å². The average molecular weight is 381 g/mol. The maximum Gasteiger partial charge on any atom is 0.136 e. The molecule has 0 saturated carbocycles. The third-order valence-corrected chi connectivity index (χ3v) is 4.03. The van der Waals surface area contributed by atoms with Gasteiger partial charge in [-0.15, -0.1) is 0 Å². The first-order chi connectivity index (χ1) is 10.7. The molecular formula is C17H25BrN4O. The number of hydrogen-bond acceptors (Lipinski definition) is 4. The fraction of sp³-hybridized carbons (Fsp3) is 0.529. The molecule has 126 valence electrons. The minimum absolute atomic E-state index is 0.104. The highest BCUT2D eigenvalue weighted by atomic mass is 79.9. The topological polar surface area (TPSA) is 43.2 Å². The van der Waals surface area contributed by atoms with E-state index in [1.165, 1.54) is 5.69 Å². The maximum atomic E-state index is 5.25. The van der Waals surface area contributed by atoms with Crippen LogP contribution in [-0.2, 0) is 30.4 Å². The van der Waals surface area contributed by atoms with Crippen LogP contribution in [0.25, 0.3) is 0 Å². The quantitative estimate of drug-likeness (QED) is 0.793. The number of methoxy groups -OCH3 is 1. The molecule has 0 aliphatic rings. The Morgan fingerprint density at radius 3 is 2.48 bits per heavy atom. The van der Waals surface area contributed by atoms with Crippen molar-refractivity contribution in [1.29, 1.82) is 0 Å². The van der Waals surface area contributed by atoms with Gasteiger partial charge in [0.1, 0.15) is 11.6 Å². The predicted molar refractivity (Wildman–Crippen MR) is 96.7 cm³/mol. The Kier molecular flexibility index (Phi) is 5.47. The summed E-state index contributed by atoms with van der Waals surface area (Å²) in [5.74, 6) is 1.75. The van der Waals surface area contributed by atoms with Crippen LogP contribution in [0.15, 0.2) is 22.8 Å². The zero-order valence-corrected chi connectivity index (χ0v) is 16.3. The minimum Gasteiger partial charge on any atom is -0.378 e. The Labute approximate surface area is 146 Å². The molecule has 0 fully saturated rings. The van der Waals surface area contributed by atoms with Crippen LogP contribution in [0, 0.1) is 0 Å². The lowest BCUT2D eigenvalue weighted by Gasteiger charge is -2.23. The van der Waals surface area contributed by atoms with Crippen molar-refractivity contribution in [2.24, 2.45) is 7.05 Å². The maximum absolute atomic E-state index is 5.25. The predicted octanol–water partition coefficient (Wildman–Crippen LogP) is 3.66. The van der Waals surface area contributed by atoms with Crippen molar-refractivity contribution in [3.8, 4) is 0 Å². The average Bonchev–Trinajstić information content (AvgIpc) is 2.76. The van der Waals surface area contributed by atoms with E-state index in [2.05, 4.69) is 63.4 Å². The van der Waals surface area contributed by atoms with Crippen LogP contribution in [-0.4, -0.2) is 28.7 Å². The van der Waals surface area contributed by atoms with Gasteiger partial charge in [-0.05, 0) is 22.0 Å². The zero-order valence-electron chi connectivity index (χ0n) is 14.7. The largest absolute Gasteiger partial charge is 0.378 e. The molecular weight excluding hydrogens is 356 g/mol. The van der Waals surface area contributed by atoms with Gasteiger partial charge < -0.3 is 14.2 Å². The summed E-state index contributed by atoms with van der Waals surface area (Å²) in [7, 11) is 5.78. The van der Waals surface area contributed by atoms with Crippen molar-refractivity contribution in [2.45, 2.75) is 39.3 Å². The number of nitrogens with zero attached hydrogens (tertiary/aromatic N) is 4. The molecule has 0 radical (unpaired) electrons. The summed E-state index contributed by atoms with van der Waals surface area (Å²) in [4.78, 5) is 11.5. The molecule has 0 aromatic carbocycles. The van der Waals surface area contributed by atoms with E-state index in [9.17, 15) is 0 Å². The lowest BCUT2D eigenvalue weighted by atomic mass is 9.95. The van der Waals surface area contributed by atoms with Gasteiger partial charge in [-0.1, -0.05) is 20.8 Å². The van der Waals surface area contributed by atoms with Gasteiger partial charge in [0, 0.05) is 49.0 Å². The summed E-state index contributed by atoms with van der Waals surface area (Å²) in [6.45, 7) is 7.63. The van der Waals surface area contributed by atoms with Crippen LogP contribution in [0.3, 0.4) is 0 Å². The van der Waals surface area contributed by atoms with Crippen molar-refractivity contribution in [3.05, 3.63) is 40.0 Å². The fourth-order valence-electron chi connectivity index (χ4n) is 2.28. The third kappa shape index (κ3) is 4.54. The highest BCUT2D eigenvalue weighted by molar-refractivity contribution is 9.10. The second kappa shape index (κ2) is 7.01. The number of aryl methyl sites for hydroxylation is 1. The monoisotopic (exact) mass is 380 g/mol. The van der Waals surface area contributed by atoms with Gasteiger partial charge >= 0.3 is 0 Å². The summed E-state index contributed by atoms with van der Waals surface area (Å²) >= 11 is 3.52. The minimum atomic E-state index is -0.104. The van der Waals surface area contributed by atoms with E-state index < -0.39 is 0 Å². The molecule has 23 heavy (non-hydrogen) atoms. The number of halogens is 1. The van der Waals surface area contributed by atoms with Crippen LogP contribution in [0.2, 0.25) is 0 Å². The number of aromatic nitrogens is 3. The zero-order chi connectivity index (χ0) is 17.2. The number of ether oxygens (including phenoxy) is 1. The number of rotatable bonds is 5. The highest BCUT2D eigenvalue weighted by Gasteiger charge is 2.20. The van der Waals surface area contributed by atoms with Crippen molar-refractivity contribution in [1.82, 2.24) is 14.5 Å². The molecule has 0 spiro atoms. The molecule has 0 aliphatic carbocycles. The van der Waals surface area contributed by atoms with Crippen LogP contribution >= 0.6 is 15.9 Å². The number of hydrogen-bond donors (Lipinski definition) is 0. The van der Waals surface area contributed by atoms with E-state index in [0.717, 1.165) is 28.4 Å². The van der Waals surface area contributed by atoms with Crippen LogP contribution in [0.4, 0.5) is 5.82 Å². The van der Waals surface area contributed by atoms with E-state index in [1.54, 1.807) is 7.11 Å². The van der Waals surface area contributed by atoms with Gasteiger partial charge in [0.2, 0.25) is 0 Å². The smallest absolute Gasteiger partial charge is 0.136 e. The van der Waals surface area contributed by atoms with Crippen molar-refractivity contribution in [2.75, 3.05) is 19.1 Å². The molecule has 2 aromatic heterocycles. The summed E-state index contributed by atoms with van der Waals surface area (Å²) in [5.41, 5.74) is 2.01. The standard InChI is InChI=1S/C17H25BrN4O/c1-17(2,3)16-19-13(11-23-6)8-15(20-16)22(5)10-14-7-12(18)9-21(14)4/h7-9H,10-11H2,1-6H3. The van der Waals surface area contributed by atoms with Crippen LogP contribution in [0.1, 0.15) is 38.0 Å². The van der Waals surface area contributed by atoms with Crippen LogP contribution in [0.5, 0.6) is 0 Å². The van der Waals surface area contributed by atoms with Gasteiger partial charge in [-0.2, -0.15) is 0 Å². The van der Waals surface area contributed by atoms with E-state index in [4.69, 9.17) is 9.72 Å². The first-order valence-electron chi connectivity index (χ1n) is 7.60. The number of anilines is 1. The van der Waals surface area contributed by atoms with E-state index in [1.807, 2.05) is 20.2 Å². The van der Waals surface area contributed by atoms with Crippen molar-refractivity contribution in [3.63, 3.8) is 0 Å². The van der Waals surface area contributed by atoms with Crippen molar-refractivity contribution < 1.29 is 4.74 Å². The Balaban J connectivity index is 2.33. The van der Waals surface area contributed by atoms with Gasteiger partial charge in [0.25, 0.3) is 0 Å². The van der Waals surface area contributed by atoms with E-state index >= 15 is 0 Å². The SMILES string of the molecule is COCc1cc(N(C)Cc2cc(Br)cn2C)nc(C(C)(C)C)n1. The first-order valence-corrected chi connectivity index (χ1v) is 8.39. The first kappa shape index (κ1) is 17.9. The fourth-order valence-corrected chi connectivity index (χ4v) is 2.85. The molecule has 2 aromatic rings. The molecule has 0 atom stereocenters. The normalized spacial score (nSPS) is 11.8.